The number of hydrogen-bond acceptors (Lipinski definition) is 9. The first kappa shape index (κ1) is 25.7. The maximum Gasteiger partial charge on any atom is 0.352 e. The van der Waals surface area contributed by atoms with Crippen molar-refractivity contribution in [2.45, 2.75) is 31.3 Å². The Morgan fingerprint density at radius 2 is 2.18 bits per heavy atom. The fraction of sp³-hybridized carbons (Fsp3) is 0.333. The van der Waals surface area contributed by atoms with Crippen LogP contribution in [-0.4, -0.2) is 67.4 Å². The topological polar surface area (TPSA) is 156 Å². The summed E-state index contributed by atoms with van der Waals surface area (Å²) in [4.78, 5) is 48.5. The average molecular weight is 557 g/mol. The van der Waals surface area contributed by atoms with Crippen molar-refractivity contribution < 1.29 is 29.0 Å². The van der Waals surface area contributed by atoms with Gasteiger partial charge in [0.2, 0.25) is 6.20 Å². The molecule has 0 saturated carbocycles. The van der Waals surface area contributed by atoms with E-state index in [2.05, 4.69) is 28.4 Å². The number of β-lactam (4-membered cyclic amide) rings is 1. The van der Waals surface area contributed by atoms with Crippen LogP contribution in [0.25, 0.3) is 10.9 Å². The standard InChI is InChI=1S/C24H25N7O5S2/c1-4-12-6-5-7-13-8-30(29(2)18(12)13)9-14-10-37-22-17(21(33)31(22)19(14)23(34)35)27-20(32)16(28-36-3)15-11-38-24(25)26-15/h5-8,11,17,22H,4,9-10H2,1-3H3,(H3-,25,26,27,32,34,35)/p+1/b28-16-/t17-,22-/m1/s1. The van der Waals surface area contributed by atoms with E-state index in [1.165, 1.54) is 29.3 Å². The zero-order chi connectivity index (χ0) is 27.1. The number of aryl methyl sites for hydroxylation is 2. The molecule has 14 heteroatoms. The zero-order valence-electron chi connectivity index (χ0n) is 20.9. The highest BCUT2D eigenvalue weighted by Gasteiger charge is 2.55. The first-order valence-corrected chi connectivity index (χ1v) is 13.7. The van der Waals surface area contributed by atoms with Gasteiger partial charge in [-0.1, -0.05) is 24.2 Å². The van der Waals surface area contributed by atoms with Crippen molar-refractivity contribution in [3.8, 4) is 0 Å². The van der Waals surface area contributed by atoms with E-state index in [9.17, 15) is 19.5 Å². The van der Waals surface area contributed by atoms with Gasteiger partial charge in [-0.2, -0.15) is 4.68 Å². The molecule has 0 unspecified atom stereocenters. The van der Waals surface area contributed by atoms with Crippen LogP contribution in [0, 0.1) is 0 Å². The molecule has 2 amide bonds. The number of nitrogens with zero attached hydrogens (tertiary/aromatic N) is 5. The molecule has 0 spiro atoms. The molecule has 4 heterocycles. The predicted molar refractivity (Wildman–Crippen MR) is 142 cm³/mol. The lowest BCUT2D eigenvalue weighted by Crippen LogP contribution is -2.71. The number of carbonyl (C=O) groups excluding carboxylic acids is 2. The maximum absolute atomic E-state index is 13.1. The molecule has 198 valence electrons. The van der Waals surface area contributed by atoms with Crippen molar-refractivity contribution in [2.24, 2.45) is 12.2 Å². The Morgan fingerprint density at radius 3 is 2.84 bits per heavy atom. The molecule has 2 aliphatic rings. The number of aliphatic carboxylic acids is 1. The second-order valence-electron chi connectivity index (χ2n) is 8.77. The lowest BCUT2D eigenvalue weighted by atomic mass is 10.0. The molecule has 12 nitrogen and oxygen atoms in total. The summed E-state index contributed by atoms with van der Waals surface area (Å²) in [5.74, 6) is -1.97. The summed E-state index contributed by atoms with van der Waals surface area (Å²) in [6, 6.07) is 5.19. The zero-order valence-corrected chi connectivity index (χ0v) is 22.5. The van der Waals surface area contributed by atoms with Gasteiger partial charge in [-0.15, -0.1) is 27.8 Å². The monoisotopic (exact) mass is 556 g/mol. The van der Waals surface area contributed by atoms with Crippen LogP contribution in [0.15, 0.2) is 46.2 Å². The molecule has 0 bridgehead atoms. The van der Waals surface area contributed by atoms with E-state index in [0.29, 0.717) is 17.9 Å². The summed E-state index contributed by atoms with van der Waals surface area (Å²) in [6.07, 6.45) is 2.86. The number of thiazole rings is 1. The van der Waals surface area contributed by atoms with Crippen LogP contribution in [0.5, 0.6) is 0 Å². The molecule has 0 radical (unpaired) electrons. The number of para-hydroxylation sites is 1. The second kappa shape index (κ2) is 10.1. The van der Waals surface area contributed by atoms with Gasteiger partial charge >= 0.3 is 5.97 Å². The van der Waals surface area contributed by atoms with Crippen molar-refractivity contribution in [2.75, 3.05) is 18.6 Å². The van der Waals surface area contributed by atoms with E-state index in [-0.39, 0.29) is 22.2 Å². The van der Waals surface area contributed by atoms with Crippen molar-refractivity contribution in [3.63, 3.8) is 0 Å². The Balaban J connectivity index is 1.39. The van der Waals surface area contributed by atoms with E-state index >= 15 is 0 Å². The highest BCUT2D eigenvalue weighted by atomic mass is 32.2. The average Bonchev–Trinajstić information content (AvgIpc) is 3.47. The van der Waals surface area contributed by atoms with Gasteiger partial charge in [0.05, 0.1) is 12.4 Å². The summed E-state index contributed by atoms with van der Waals surface area (Å²) in [6.45, 7) is 2.41. The first-order valence-electron chi connectivity index (χ1n) is 11.8. The van der Waals surface area contributed by atoms with Crippen LogP contribution in [0.3, 0.4) is 0 Å². The number of benzene rings is 1. The van der Waals surface area contributed by atoms with Crippen molar-refractivity contribution >= 4 is 62.6 Å². The lowest BCUT2D eigenvalue weighted by Gasteiger charge is -2.49. The minimum atomic E-state index is -1.18. The number of carboxylic acids is 1. The third-order valence-corrected chi connectivity index (χ3v) is 8.59. The molecule has 2 aliphatic heterocycles. The third-order valence-electron chi connectivity index (χ3n) is 6.58. The molecule has 1 saturated heterocycles. The Morgan fingerprint density at radius 1 is 1.39 bits per heavy atom. The Kier molecular flexibility index (Phi) is 6.84. The minimum Gasteiger partial charge on any atom is -0.477 e. The van der Waals surface area contributed by atoms with Gasteiger partial charge < -0.3 is 21.0 Å². The number of thioether (sulfide) groups is 1. The van der Waals surface area contributed by atoms with E-state index in [1.54, 1.807) is 5.38 Å². The number of hydrogen-bond donors (Lipinski definition) is 3. The second-order valence-corrected chi connectivity index (χ2v) is 10.8. The smallest absolute Gasteiger partial charge is 0.352 e. The molecule has 38 heavy (non-hydrogen) atoms. The number of carbonyl (C=O) groups is 3. The Bertz CT molecular complexity index is 1530. The quantitative estimate of drug-likeness (QED) is 0.160. The van der Waals surface area contributed by atoms with Gasteiger partial charge in [0, 0.05) is 16.7 Å². The predicted octanol–water partition coefficient (Wildman–Crippen LogP) is 0.856. The van der Waals surface area contributed by atoms with Gasteiger partial charge in [-0.3, -0.25) is 14.5 Å². The highest BCUT2D eigenvalue weighted by molar-refractivity contribution is 8.00. The maximum atomic E-state index is 13.1. The number of nitrogen functional groups attached to an aromatic ring is 1. The number of rotatable bonds is 8. The number of nitrogens with two attached hydrogens (primary N) is 1. The summed E-state index contributed by atoms with van der Waals surface area (Å²) >= 11 is 2.54. The van der Waals surface area contributed by atoms with Crippen molar-refractivity contribution in [3.05, 3.63) is 52.3 Å². The largest absolute Gasteiger partial charge is 0.477 e. The lowest BCUT2D eigenvalue weighted by molar-refractivity contribution is -0.764. The molecule has 3 aromatic rings. The van der Waals surface area contributed by atoms with Gasteiger partial charge in [-0.25, -0.2) is 9.78 Å². The van der Waals surface area contributed by atoms with Gasteiger partial charge in [0.15, 0.2) is 17.4 Å². The molecule has 1 aromatic carbocycles. The SMILES string of the molecule is CCc1cccc2c[n+](CC3=C(C(=O)O)N4C(=O)[C@@H](NC(=O)/C(=N\OC)c5csc(N)n5)[C@H]4SC3)n(C)c12. The van der Waals surface area contributed by atoms with E-state index in [1.807, 2.05) is 34.7 Å². The number of oxime groups is 1. The Labute approximate surface area is 225 Å². The number of fused-ring (bicyclic) bond motifs is 2. The number of carboxylic acid groups (broad SMARTS) is 1. The number of anilines is 1. The molecular weight excluding hydrogens is 530 g/mol. The molecule has 2 aromatic heterocycles. The number of nitrogens with one attached hydrogen (secondary N) is 1. The van der Waals surface area contributed by atoms with Crippen LogP contribution in [0.4, 0.5) is 5.13 Å². The molecule has 4 N–H and O–H groups in total. The molecule has 2 atom stereocenters. The molecule has 0 aliphatic carbocycles. The third kappa shape index (κ3) is 4.28. The van der Waals surface area contributed by atoms with Crippen LogP contribution in [-0.2, 0) is 39.2 Å². The molecular formula is C24H26N7O5S2+. The van der Waals surface area contributed by atoms with E-state index in [0.717, 1.165) is 28.7 Å². The van der Waals surface area contributed by atoms with Crippen molar-refractivity contribution in [1.82, 2.24) is 19.9 Å². The molecule has 1 fully saturated rings. The normalized spacial score (nSPS) is 19.4. The summed E-state index contributed by atoms with van der Waals surface area (Å²) in [5, 5.41) is 18.8. The van der Waals surface area contributed by atoms with Gasteiger partial charge in [-0.05, 0) is 18.1 Å². The number of amides is 2. The summed E-state index contributed by atoms with van der Waals surface area (Å²) in [5.41, 5.74) is 8.62. The highest BCUT2D eigenvalue weighted by Crippen LogP contribution is 2.40. The summed E-state index contributed by atoms with van der Waals surface area (Å²) in [7, 11) is 3.23. The van der Waals surface area contributed by atoms with Gasteiger partial charge in [0.25, 0.3) is 11.8 Å². The van der Waals surface area contributed by atoms with Crippen LogP contribution < -0.4 is 15.7 Å². The first-order chi connectivity index (χ1) is 18.2. The van der Waals surface area contributed by atoms with Crippen molar-refractivity contribution in [1.29, 1.82) is 0 Å². The van der Waals surface area contributed by atoms with E-state index in [4.69, 9.17) is 10.6 Å². The van der Waals surface area contributed by atoms with E-state index < -0.39 is 29.2 Å². The van der Waals surface area contributed by atoms with Crippen LogP contribution in [0.1, 0.15) is 18.2 Å². The van der Waals surface area contributed by atoms with Crippen LogP contribution >= 0.6 is 23.1 Å². The molecule has 5 rings (SSSR count). The Hall–Kier alpha value is -3.91. The fourth-order valence-electron chi connectivity index (χ4n) is 4.82. The van der Waals surface area contributed by atoms with Gasteiger partial charge in [0.1, 0.15) is 35.4 Å². The number of aromatic nitrogens is 3. The van der Waals surface area contributed by atoms with Crippen LogP contribution in [0.2, 0.25) is 0 Å². The fourth-order valence-corrected chi connectivity index (χ4v) is 6.71. The minimum absolute atomic E-state index is 0.0456. The summed E-state index contributed by atoms with van der Waals surface area (Å²) < 4.78 is 3.97.